The molecule has 2 atom stereocenters. The van der Waals surface area contributed by atoms with Gasteiger partial charge in [0.1, 0.15) is 11.6 Å². The predicted octanol–water partition coefficient (Wildman–Crippen LogP) is 2.15. The summed E-state index contributed by atoms with van der Waals surface area (Å²) in [6, 6.07) is -1.41. The van der Waals surface area contributed by atoms with Gasteiger partial charge in [0.2, 0.25) is 0 Å². The van der Waals surface area contributed by atoms with Crippen LogP contribution in [-0.4, -0.2) is 46.3 Å². The summed E-state index contributed by atoms with van der Waals surface area (Å²) in [5, 5.41) is 12.7. The summed E-state index contributed by atoms with van der Waals surface area (Å²) in [4.78, 5) is 27.0. The van der Waals surface area contributed by atoms with Gasteiger partial charge in [-0.05, 0) is 39.1 Å². The Kier molecular flexibility index (Phi) is 4.61. The molecule has 2 unspecified atom stereocenters. The van der Waals surface area contributed by atoms with Crippen molar-refractivity contribution in [2.24, 2.45) is 5.11 Å². The topological polar surface area (TPSA) is 116 Å². The minimum absolute atomic E-state index is 0.110. The van der Waals surface area contributed by atoms with E-state index in [4.69, 9.17) is 15.4 Å². The molecule has 1 fully saturated rings. The number of carboxylic acid groups (broad SMARTS) is 1. The molecule has 19 heavy (non-hydrogen) atoms. The molecule has 0 aliphatic carbocycles. The standard InChI is InChI=1S/C11H18N4O4/c1-11(2,3)19-10(18)15-5-4-7(13-14-12)6-8(15)9(16)17/h7-8H,4-6H2,1-3H3,(H,16,17). The van der Waals surface area contributed by atoms with Gasteiger partial charge in [-0.15, -0.1) is 0 Å². The summed E-state index contributed by atoms with van der Waals surface area (Å²) in [5.41, 5.74) is 7.70. The first-order valence-corrected chi connectivity index (χ1v) is 6.01. The van der Waals surface area contributed by atoms with Crippen LogP contribution >= 0.6 is 0 Å². The third kappa shape index (κ3) is 4.33. The smallest absolute Gasteiger partial charge is 0.411 e. The molecule has 8 nitrogen and oxygen atoms in total. The van der Waals surface area contributed by atoms with Gasteiger partial charge in [-0.2, -0.15) is 0 Å². The first kappa shape index (κ1) is 15.1. The zero-order chi connectivity index (χ0) is 14.6. The monoisotopic (exact) mass is 270 g/mol. The molecule has 1 amide bonds. The number of carbonyl (C=O) groups is 2. The van der Waals surface area contributed by atoms with Crippen molar-refractivity contribution in [2.45, 2.75) is 51.3 Å². The zero-order valence-electron chi connectivity index (χ0n) is 11.2. The number of nitrogens with zero attached hydrogens (tertiary/aromatic N) is 4. The van der Waals surface area contributed by atoms with E-state index in [9.17, 15) is 9.59 Å². The molecule has 0 aromatic carbocycles. The van der Waals surface area contributed by atoms with Crippen LogP contribution in [0.4, 0.5) is 4.79 Å². The van der Waals surface area contributed by atoms with E-state index in [1.807, 2.05) is 0 Å². The number of piperidine rings is 1. The van der Waals surface area contributed by atoms with Crippen molar-refractivity contribution < 1.29 is 19.4 Å². The van der Waals surface area contributed by atoms with Gasteiger partial charge in [0.05, 0.1) is 0 Å². The highest BCUT2D eigenvalue weighted by molar-refractivity contribution is 5.80. The number of rotatable bonds is 2. The second kappa shape index (κ2) is 5.79. The van der Waals surface area contributed by atoms with Crippen LogP contribution < -0.4 is 0 Å². The molecule has 1 N–H and O–H groups in total. The number of azide groups is 1. The van der Waals surface area contributed by atoms with Gasteiger partial charge in [0, 0.05) is 17.5 Å². The number of hydrogen-bond donors (Lipinski definition) is 1. The van der Waals surface area contributed by atoms with E-state index in [1.165, 1.54) is 4.90 Å². The van der Waals surface area contributed by atoms with Crippen LogP contribution in [-0.2, 0) is 9.53 Å². The number of amides is 1. The molecule has 1 aliphatic heterocycles. The Morgan fingerprint density at radius 3 is 2.58 bits per heavy atom. The Bertz CT molecular complexity index is 411. The third-order valence-corrected chi connectivity index (χ3v) is 2.70. The predicted molar refractivity (Wildman–Crippen MR) is 66.5 cm³/mol. The van der Waals surface area contributed by atoms with E-state index in [1.54, 1.807) is 20.8 Å². The number of aliphatic carboxylic acids is 1. The average Bonchev–Trinajstić information content (AvgIpc) is 2.26. The number of hydrogen-bond acceptors (Lipinski definition) is 4. The van der Waals surface area contributed by atoms with Gasteiger partial charge in [-0.25, -0.2) is 9.59 Å². The van der Waals surface area contributed by atoms with Crippen LogP contribution in [0.25, 0.3) is 10.4 Å². The van der Waals surface area contributed by atoms with Gasteiger partial charge in [0.15, 0.2) is 0 Å². The van der Waals surface area contributed by atoms with E-state index in [2.05, 4.69) is 10.0 Å². The SMILES string of the molecule is CC(C)(C)OC(=O)N1CCC(N=[N+]=[N-])CC1C(=O)O. The lowest BCUT2D eigenvalue weighted by Crippen LogP contribution is -2.52. The maximum atomic E-state index is 11.9. The summed E-state index contributed by atoms with van der Waals surface area (Å²) in [5.74, 6) is -1.12. The fraction of sp³-hybridized carbons (Fsp3) is 0.818. The highest BCUT2D eigenvalue weighted by atomic mass is 16.6. The minimum atomic E-state index is -1.12. The Morgan fingerprint density at radius 2 is 2.11 bits per heavy atom. The lowest BCUT2D eigenvalue weighted by Gasteiger charge is -2.36. The highest BCUT2D eigenvalue weighted by Crippen LogP contribution is 2.23. The van der Waals surface area contributed by atoms with Crippen molar-refractivity contribution in [3.63, 3.8) is 0 Å². The molecule has 0 radical (unpaired) electrons. The van der Waals surface area contributed by atoms with Crippen LogP contribution in [0.5, 0.6) is 0 Å². The summed E-state index contributed by atoms with van der Waals surface area (Å²) in [6.45, 7) is 5.35. The third-order valence-electron chi connectivity index (χ3n) is 2.70. The lowest BCUT2D eigenvalue weighted by molar-refractivity contribution is -0.144. The van der Waals surface area contributed by atoms with Crippen molar-refractivity contribution in [1.82, 2.24) is 4.90 Å². The van der Waals surface area contributed by atoms with E-state index in [0.29, 0.717) is 6.42 Å². The van der Waals surface area contributed by atoms with Gasteiger partial charge in [-0.1, -0.05) is 5.11 Å². The second-order valence-corrected chi connectivity index (χ2v) is 5.41. The average molecular weight is 270 g/mol. The van der Waals surface area contributed by atoms with Crippen molar-refractivity contribution in [3.8, 4) is 0 Å². The maximum absolute atomic E-state index is 11.9. The van der Waals surface area contributed by atoms with Crippen molar-refractivity contribution in [3.05, 3.63) is 10.4 Å². The van der Waals surface area contributed by atoms with Crippen LogP contribution in [0.3, 0.4) is 0 Å². The second-order valence-electron chi connectivity index (χ2n) is 5.41. The molecular weight excluding hydrogens is 252 g/mol. The van der Waals surface area contributed by atoms with E-state index in [0.717, 1.165) is 0 Å². The Labute approximate surface area is 111 Å². The summed E-state index contributed by atoms with van der Waals surface area (Å²) >= 11 is 0. The molecule has 1 rings (SSSR count). The molecule has 0 spiro atoms. The lowest BCUT2D eigenvalue weighted by atomic mass is 9.98. The number of carboxylic acids is 1. The summed E-state index contributed by atoms with van der Waals surface area (Å²) in [6.07, 6.45) is -0.106. The van der Waals surface area contributed by atoms with Crippen LogP contribution in [0.15, 0.2) is 5.11 Å². The first-order chi connectivity index (χ1) is 8.74. The molecule has 0 saturated carbocycles. The number of carbonyl (C=O) groups excluding carboxylic acids is 1. The molecule has 0 bridgehead atoms. The van der Waals surface area contributed by atoms with Gasteiger partial charge in [0.25, 0.3) is 0 Å². The minimum Gasteiger partial charge on any atom is -0.480 e. The van der Waals surface area contributed by atoms with Crippen LogP contribution in [0.2, 0.25) is 0 Å². The van der Waals surface area contributed by atoms with E-state index >= 15 is 0 Å². The number of likely N-dealkylation sites (tertiary alicyclic amines) is 1. The largest absolute Gasteiger partial charge is 0.480 e. The fourth-order valence-corrected chi connectivity index (χ4v) is 1.90. The normalized spacial score (nSPS) is 23.4. The molecule has 0 aromatic heterocycles. The number of ether oxygens (including phenoxy) is 1. The highest BCUT2D eigenvalue weighted by Gasteiger charge is 2.37. The van der Waals surface area contributed by atoms with Crippen molar-refractivity contribution >= 4 is 12.1 Å². The van der Waals surface area contributed by atoms with Crippen LogP contribution in [0, 0.1) is 0 Å². The Balaban J connectivity index is 2.80. The van der Waals surface area contributed by atoms with Crippen molar-refractivity contribution in [2.75, 3.05) is 6.54 Å². The Morgan fingerprint density at radius 1 is 1.47 bits per heavy atom. The molecule has 1 aliphatic rings. The Hall–Kier alpha value is -1.95. The molecule has 1 saturated heterocycles. The van der Waals surface area contributed by atoms with E-state index in [-0.39, 0.29) is 13.0 Å². The first-order valence-electron chi connectivity index (χ1n) is 6.01. The molecule has 1 heterocycles. The molecular formula is C11H18N4O4. The van der Waals surface area contributed by atoms with E-state index < -0.39 is 29.7 Å². The van der Waals surface area contributed by atoms with Crippen LogP contribution in [0.1, 0.15) is 33.6 Å². The maximum Gasteiger partial charge on any atom is 0.411 e. The van der Waals surface area contributed by atoms with Gasteiger partial charge < -0.3 is 9.84 Å². The summed E-state index contributed by atoms with van der Waals surface area (Å²) < 4.78 is 5.17. The van der Waals surface area contributed by atoms with Gasteiger partial charge in [-0.3, -0.25) is 4.90 Å². The van der Waals surface area contributed by atoms with Crippen molar-refractivity contribution in [1.29, 1.82) is 0 Å². The molecule has 0 aromatic rings. The molecule has 8 heteroatoms. The summed E-state index contributed by atoms with van der Waals surface area (Å²) in [7, 11) is 0. The van der Waals surface area contributed by atoms with Gasteiger partial charge >= 0.3 is 12.1 Å². The zero-order valence-corrected chi connectivity index (χ0v) is 11.2. The fourth-order valence-electron chi connectivity index (χ4n) is 1.90. The molecule has 106 valence electrons. The quantitative estimate of drug-likeness (QED) is 0.470.